The van der Waals surface area contributed by atoms with Gasteiger partial charge in [-0.25, -0.2) is 4.98 Å². The molecule has 0 aliphatic carbocycles. The molecule has 0 fully saturated rings. The van der Waals surface area contributed by atoms with Gasteiger partial charge in [-0.05, 0) is 19.4 Å². The van der Waals surface area contributed by atoms with Crippen molar-refractivity contribution in [3.05, 3.63) is 18.1 Å². The van der Waals surface area contributed by atoms with E-state index in [-0.39, 0.29) is 5.41 Å². The second-order valence-corrected chi connectivity index (χ2v) is 5.55. The fourth-order valence-electron chi connectivity index (χ4n) is 1.61. The van der Waals surface area contributed by atoms with Gasteiger partial charge in [-0.15, -0.1) is 0 Å². The van der Waals surface area contributed by atoms with E-state index in [2.05, 4.69) is 54.9 Å². The molecule has 0 aliphatic heterocycles. The lowest BCUT2D eigenvalue weighted by Crippen LogP contribution is -2.40. The molecule has 17 heavy (non-hydrogen) atoms. The number of nitrogens with zero attached hydrogens (tertiary/aromatic N) is 3. The summed E-state index contributed by atoms with van der Waals surface area (Å²) in [5, 5.41) is 3.09. The predicted molar refractivity (Wildman–Crippen MR) is 72.1 cm³/mol. The summed E-state index contributed by atoms with van der Waals surface area (Å²) in [4.78, 5) is 11.0. The van der Waals surface area contributed by atoms with Crippen molar-refractivity contribution < 1.29 is 0 Å². The zero-order valence-corrected chi connectivity index (χ0v) is 11.8. The van der Waals surface area contributed by atoms with Crippen LogP contribution in [0.1, 0.15) is 33.4 Å². The highest BCUT2D eigenvalue weighted by Gasteiger charge is 2.24. The lowest BCUT2D eigenvalue weighted by atomic mass is 9.87. The van der Waals surface area contributed by atoms with Gasteiger partial charge >= 0.3 is 0 Å². The SMILES string of the molecule is CNCc1cncc(N(C)C(C)C(C)(C)C)n1. The number of nitrogens with one attached hydrogen (secondary N) is 1. The van der Waals surface area contributed by atoms with E-state index in [0.29, 0.717) is 6.04 Å². The fourth-order valence-corrected chi connectivity index (χ4v) is 1.61. The summed E-state index contributed by atoms with van der Waals surface area (Å²) in [6.07, 6.45) is 3.62. The van der Waals surface area contributed by atoms with Crippen LogP contribution in [0.3, 0.4) is 0 Å². The number of aromatic nitrogens is 2. The summed E-state index contributed by atoms with van der Waals surface area (Å²) in [7, 11) is 3.99. The number of anilines is 1. The van der Waals surface area contributed by atoms with Crippen LogP contribution in [0.15, 0.2) is 12.4 Å². The summed E-state index contributed by atoms with van der Waals surface area (Å²) in [6.45, 7) is 9.67. The molecule has 1 aromatic heterocycles. The molecule has 0 aliphatic rings. The summed E-state index contributed by atoms with van der Waals surface area (Å²) in [5.41, 5.74) is 1.19. The third-order valence-corrected chi connectivity index (χ3v) is 3.23. The first-order valence-corrected chi connectivity index (χ1v) is 6.04. The molecule has 0 saturated heterocycles. The summed E-state index contributed by atoms with van der Waals surface area (Å²) < 4.78 is 0. The van der Waals surface area contributed by atoms with Gasteiger partial charge in [0.05, 0.1) is 11.9 Å². The minimum absolute atomic E-state index is 0.218. The first-order chi connectivity index (χ1) is 7.86. The molecule has 0 saturated carbocycles. The van der Waals surface area contributed by atoms with E-state index in [9.17, 15) is 0 Å². The Morgan fingerprint density at radius 3 is 2.53 bits per heavy atom. The maximum absolute atomic E-state index is 4.60. The molecule has 0 spiro atoms. The number of rotatable bonds is 4. The van der Waals surface area contributed by atoms with E-state index >= 15 is 0 Å². The molecule has 0 bridgehead atoms. The molecule has 1 aromatic rings. The van der Waals surface area contributed by atoms with Crippen molar-refractivity contribution in [3.63, 3.8) is 0 Å². The molecule has 1 rings (SSSR count). The maximum atomic E-state index is 4.60. The Kier molecular flexibility index (Phi) is 4.46. The normalized spacial score (nSPS) is 13.5. The van der Waals surface area contributed by atoms with Crippen LogP contribution in [-0.2, 0) is 6.54 Å². The Morgan fingerprint density at radius 2 is 2.00 bits per heavy atom. The monoisotopic (exact) mass is 236 g/mol. The second-order valence-electron chi connectivity index (χ2n) is 5.55. The van der Waals surface area contributed by atoms with Crippen LogP contribution >= 0.6 is 0 Å². The zero-order valence-electron chi connectivity index (χ0n) is 11.8. The van der Waals surface area contributed by atoms with Crippen LogP contribution in [-0.4, -0.2) is 30.1 Å². The molecular formula is C13H24N4. The molecule has 0 amide bonds. The van der Waals surface area contributed by atoms with E-state index in [4.69, 9.17) is 0 Å². The van der Waals surface area contributed by atoms with E-state index in [1.807, 2.05) is 13.2 Å². The number of hydrogen-bond donors (Lipinski definition) is 1. The van der Waals surface area contributed by atoms with Crippen LogP contribution in [0.5, 0.6) is 0 Å². The van der Waals surface area contributed by atoms with Gasteiger partial charge < -0.3 is 10.2 Å². The molecule has 1 N–H and O–H groups in total. The van der Waals surface area contributed by atoms with Gasteiger partial charge in [0, 0.05) is 25.8 Å². The Hall–Kier alpha value is -1.16. The molecular weight excluding hydrogens is 212 g/mol. The Bertz CT molecular complexity index is 357. The van der Waals surface area contributed by atoms with Crippen LogP contribution in [0, 0.1) is 5.41 Å². The summed E-state index contributed by atoms with van der Waals surface area (Å²) in [5.74, 6) is 0.931. The van der Waals surface area contributed by atoms with Gasteiger partial charge in [-0.2, -0.15) is 0 Å². The maximum Gasteiger partial charge on any atom is 0.147 e. The largest absolute Gasteiger partial charge is 0.355 e. The van der Waals surface area contributed by atoms with Crippen LogP contribution < -0.4 is 10.2 Å². The molecule has 4 nitrogen and oxygen atoms in total. The van der Waals surface area contributed by atoms with Gasteiger partial charge in [0.25, 0.3) is 0 Å². The average Bonchev–Trinajstić information content (AvgIpc) is 2.27. The van der Waals surface area contributed by atoms with E-state index < -0.39 is 0 Å². The highest BCUT2D eigenvalue weighted by molar-refractivity contribution is 5.37. The molecule has 4 heteroatoms. The average molecular weight is 236 g/mol. The standard InChI is InChI=1S/C13H24N4/c1-10(13(2,3)4)17(6)12-9-15-8-11(16-12)7-14-5/h8-10,14H,7H2,1-6H3. The quantitative estimate of drug-likeness (QED) is 0.869. The molecule has 96 valence electrons. The smallest absolute Gasteiger partial charge is 0.147 e. The van der Waals surface area contributed by atoms with Crippen molar-refractivity contribution in [2.24, 2.45) is 5.41 Å². The third-order valence-electron chi connectivity index (χ3n) is 3.23. The van der Waals surface area contributed by atoms with Crippen molar-refractivity contribution in [3.8, 4) is 0 Å². The van der Waals surface area contributed by atoms with Gasteiger partial charge in [0.15, 0.2) is 0 Å². The first kappa shape index (κ1) is 13.9. The summed E-state index contributed by atoms with van der Waals surface area (Å²) in [6, 6.07) is 0.404. The van der Waals surface area contributed by atoms with Gasteiger partial charge in [-0.1, -0.05) is 20.8 Å². The predicted octanol–water partition coefficient (Wildman–Crippen LogP) is 2.07. The van der Waals surface area contributed by atoms with Crippen molar-refractivity contribution in [2.75, 3.05) is 19.0 Å². The topological polar surface area (TPSA) is 41.1 Å². The highest BCUT2D eigenvalue weighted by atomic mass is 15.2. The van der Waals surface area contributed by atoms with Crippen molar-refractivity contribution >= 4 is 5.82 Å². The zero-order chi connectivity index (χ0) is 13.1. The van der Waals surface area contributed by atoms with Crippen molar-refractivity contribution in [1.82, 2.24) is 15.3 Å². The molecule has 1 unspecified atom stereocenters. The molecule has 0 aromatic carbocycles. The Labute approximate surface area is 104 Å². The van der Waals surface area contributed by atoms with E-state index in [0.717, 1.165) is 18.1 Å². The minimum atomic E-state index is 0.218. The van der Waals surface area contributed by atoms with E-state index in [1.54, 1.807) is 6.20 Å². The van der Waals surface area contributed by atoms with Crippen LogP contribution in [0.25, 0.3) is 0 Å². The van der Waals surface area contributed by atoms with Gasteiger partial charge in [-0.3, -0.25) is 4.98 Å². The van der Waals surface area contributed by atoms with Gasteiger partial charge in [0.2, 0.25) is 0 Å². The van der Waals surface area contributed by atoms with Crippen LogP contribution in [0.2, 0.25) is 0 Å². The number of hydrogen-bond acceptors (Lipinski definition) is 4. The first-order valence-electron chi connectivity index (χ1n) is 6.04. The molecule has 0 radical (unpaired) electrons. The minimum Gasteiger partial charge on any atom is -0.355 e. The molecule has 1 heterocycles. The lowest BCUT2D eigenvalue weighted by molar-refractivity contribution is 0.328. The Morgan fingerprint density at radius 1 is 1.35 bits per heavy atom. The van der Waals surface area contributed by atoms with Crippen molar-refractivity contribution in [1.29, 1.82) is 0 Å². The Balaban J connectivity index is 2.88. The van der Waals surface area contributed by atoms with Crippen molar-refractivity contribution in [2.45, 2.75) is 40.3 Å². The summed E-state index contributed by atoms with van der Waals surface area (Å²) >= 11 is 0. The fraction of sp³-hybridized carbons (Fsp3) is 0.692. The third kappa shape index (κ3) is 3.66. The van der Waals surface area contributed by atoms with E-state index in [1.165, 1.54) is 0 Å². The second kappa shape index (κ2) is 5.45. The molecule has 1 atom stereocenters. The lowest BCUT2D eigenvalue weighted by Gasteiger charge is -2.36. The highest BCUT2D eigenvalue weighted by Crippen LogP contribution is 2.25. The van der Waals surface area contributed by atoms with Gasteiger partial charge in [0.1, 0.15) is 5.82 Å². The van der Waals surface area contributed by atoms with Crippen LogP contribution in [0.4, 0.5) is 5.82 Å².